The SMILES string of the molecule is COc1cc(C(=O)N2CCN(C(=O)[C@@H]3CC(=O)N(C(C)C)C3)CC2)ccc1C. The van der Waals surface area contributed by atoms with Gasteiger partial charge in [0.1, 0.15) is 5.75 Å². The predicted octanol–water partition coefficient (Wildman–Crippen LogP) is 1.54. The van der Waals surface area contributed by atoms with Crippen LogP contribution in [0.2, 0.25) is 0 Å². The summed E-state index contributed by atoms with van der Waals surface area (Å²) in [6.07, 6.45) is 0.291. The Morgan fingerprint density at radius 1 is 1.11 bits per heavy atom. The number of amides is 3. The molecule has 1 aromatic carbocycles. The van der Waals surface area contributed by atoms with E-state index in [1.54, 1.807) is 27.9 Å². The first-order chi connectivity index (χ1) is 13.3. The van der Waals surface area contributed by atoms with Crippen LogP contribution >= 0.6 is 0 Å². The number of hydrogen-bond donors (Lipinski definition) is 0. The Morgan fingerprint density at radius 2 is 1.75 bits per heavy atom. The first-order valence-electron chi connectivity index (χ1n) is 9.84. The van der Waals surface area contributed by atoms with Crippen molar-refractivity contribution in [2.24, 2.45) is 5.92 Å². The molecule has 2 heterocycles. The topological polar surface area (TPSA) is 70.2 Å². The second kappa shape index (κ2) is 8.20. The lowest BCUT2D eigenvalue weighted by Gasteiger charge is -2.36. The van der Waals surface area contributed by atoms with Gasteiger partial charge in [-0.2, -0.15) is 0 Å². The Balaban J connectivity index is 1.58. The molecule has 2 fully saturated rings. The summed E-state index contributed by atoms with van der Waals surface area (Å²) < 4.78 is 5.31. The Bertz CT molecular complexity index is 769. The van der Waals surface area contributed by atoms with Gasteiger partial charge in [0.25, 0.3) is 5.91 Å². The molecule has 0 aromatic heterocycles. The lowest BCUT2D eigenvalue weighted by Crippen LogP contribution is -2.52. The van der Waals surface area contributed by atoms with Gasteiger partial charge in [-0.1, -0.05) is 6.07 Å². The number of benzene rings is 1. The molecular formula is C21H29N3O4. The van der Waals surface area contributed by atoms with E-state index in [2.05, 4.69) is 0 Å². The molecule has 3 amide bonds. The summed E-state index contributed by atoms with van der Waals surface area (Å²) in [6.45, 7) is 8.36. The fourth-order valence-corrected chi connectivity index (χ4v) is 3.92. The van der Waals surface area contributed by atoms with E-state index in [9.17, 15) is 14.4 Å². The average Bonchev–Trinajstić information content (AvgIpc) is 3.09. The van der Waals surface area contributed by atoms with Crippen LogP contribution < -0.4 is 4.74 Å². The third-order valence-electron chi connectivity index (χ3n) is 5.66. The summed E-state index contributed by atoms with van der Waals surface area (Å²) >= 11 is 0. The van der Waals surface area contributed by atoms with Gasteiger partial charge in [0.05, 0.1) is 13.0 Å². The minimum Gasteiger partial charge on any atom is -0.496 e. The van der Waals surface area contributed by atoms with E-state index in [-0.39, 0.29) is 29.7 Å². The zero-order chi connectivity index (χ0) is 20.4. The highest BCUT2D eigenvalue weighted by molar-refractivity contribution is 5.95. The first-order valence-corrected chi connectivity index (χ1v) is 9.84. The van der Waals surface area contributed by atoms with E-state index in [1.807, 2.05) is 32.9 Å². The lowest BCUT2D eigenvalue weighted by molar-refractivity contribution is -0.137. The molecule has 2 aliphatic rings. The molecular weight excluding hydrogens is 358 g/mol. The number of carbonyl (C=O) groups is 3. The van der Waals surface area contributed by atoms with Crippen molar-refractivity contribution in [3.8, 4) is 5.75 Å². The highest BCUT2D eigenvalue weighted by Crippen LogP contribution is 2.24. The van der Waals surface area contributed by atoms with Gasteiger partial charge in [0.2, 0.25) is 11.8 Å². The summed E-state index contributed by atoms with van der Waals surface area (Å²) in [4.78, 5) is 43.0. The third kappa shape index (κ3) is 3.98. The van der Waals surface area contributed by atoms with Crippen molar-refractivity contribution in [2.75, 3.05) is 39.8 Å². The molecule has 0 bridgehead atoms. The van der Waals surface area contributed by atoms with E-state index in [4.69, 9.17) is 4.74 Å². The zero-order valence-electron chi connectivity index (χ0n) is 17.1. The minimum absolute atomic E-state index is 0.0283. The van der Waals surface area contributed by atoms with Crippen LogP contribution in [0.3, 0.4) is 0 Å². The Labute approximate surface area is 166 Å². The fourth-order valence-electron chi connectivity index (χ4n) is 3.92. The van der Waals surface area contributed by atoms with Crippen molar-refractivity contribution in [2.45, 2.75) is 33.2 Å². The van der Waals surface area contributed by atoms with Crippen LogP contribution in [0.25, 0.3) is 0 Å². The van der Waals surface area contributed by atoms with Gasteiger partial charge < -0.3 is 19.4 Å². The van der Waals surface area contributed by atoms with E-state index < -0.39 is 0 Å². The molecule has 0 N–H and O–H groups in total. The summed E-state index contributed by atoms with van der Waals surface area (Å²) in [5.74, 6) is 0.460. The zero-order valence-corrected chi connectivity index (χ0v) is 17.1. The van der Waals surface area contributed by atoms with E-state index in [0.717, 1.165) is 5.56 Å². The number of aryl methyl sites for hydroxylation is 1. The molecule has 2 aliphatic heterocycles. The number of piperazine rings is 1. The highest BCUT2D eigenvalue weighted by atomic mass is 16.5. The second-order valence-corrected chi connectivity index (χ2v) is 7.84. The number of carbonyl (C=O) groups excluding carboxylic acids is 3. The summed E-state index contributed by atoms with van der Waals surface area (Å²) in [5.41, 5.74) is 1.58. The minimum atomic E-state index is -0.265. The smallest absolute Gasteiger partial charge is 0.254 e. The molecule has 1 atom stereocenters. The van der Waals surface area contributed by atoms with Crippen molar-refractivity contribution >= 4 is 17.7 Å². The monoisotopic (exact) mass is 387 g/mol. The molecule has 1 aromatic rings. The van der Waals surface area contributed by atoms with Crippen LogP contribution in [0.5, 0.6) is 5.75 Å². The second-order valence-electron chi connectivity index (χ2n) is 7.84. The summed E-state index contributed by atoms with van der Waals surface area (Å²) in [6, 6.07) is 5.57. The number of methoxy groups -OCH3 is 1. The van der Waals surface area contributed by atoms with Crippen molar-refractivity contribution in [1.82, 2.24) is 14.7 Å². The molecule has 0 aliphatic carbocycles. The lowest BCUT2D eigenvalue weighted by atomic mass is 10.1. The van der Waals surface area contributed by atoms with Crippen molar-refractivity contribution in [3.63, 3.8) is 0 Å². The number of nitrogens with zero attached hydrogens (tertiary/aromatic N) is 3. The number of likely N-dealkylation sites (tertiary alicyclic amines) is 1. The molecule has 152 valence electrons. The molecule has 0 radical (unpaired) electrons. The van der Waals surface area contributed by atoms with Gasteiger partial charge >= 0.3 is 0 Å². The van der Waals surface area contributed by atoms with E-state index in [1.165, 1.54) is 0 Å². The molecule has 28 heavy (non-hydrogen) atoms. The summed E-state index contributed by atoms with van der Waals surface area (Å²) in [7, 11) is 1.59. The van der Waals surface area contributed by atoms with Gasteiger partial charge in [0.15, 0.2) is 0 Å². The van der Waals surface area contributed by atoms with E-state index in [0.29, 0.717) is 50.5 Å². The van der Waals surface area contributed by atoms with Crippen LogP contribution in [-0.4, -0.2) is 78.3 Å². The van der Waals surface area contributed by atoms with Crippen LogP contribution in [0.4, 0.5) is 0 Å². The molecule has 7 heteroatoms. The largest absolute Gasteiger partial charge is 0.496 e. The first kappa shape index (κ1) is 20.2. The van der Waals surface area contributed by atoms with Crippen LogP contribution in [0, 0.1) is 12.8 Å². The van der Waals surface area contributed by atoms with Crippen LogP contribution in [-0.2, 0) is 9.59 Å². The quantitative estimate of drug-likeness (QED) is 0.786. The maximum atomic E-state index is 12.8. The summed E-state index contributed by atoms with van der Waals surface area (Å²) in [5, 5.41) is 0. The van der Waals surface area contributed by atoms with Crippen molar-refractivity contribution in [3.05, 3.63) is 29.3 Å². The maximum Gasteiger partial charge on any atom is 0.254 e. The maximum absolute atomic E-state index is 12.8. The van der Waals surface area contributed by atoms with E-state index >= 15 is 0 Å². The standard InChI is InChI=1S/C21H29N3O4/c1-14(2)24-13-17(12-19(24)25)21(27)23-9-7-22(8-10-23)20(26)16-6-5-15(3)18(11-16)28-4/h5-6,11,14,17H,7-10,12-13H2,1-4H3/t17-/m1/s1. The van der Waals surface area contributed by atoms with Crippen LogP contribution in [0.1, 0.15) is 36.2 Å². The number of rotatable bonds is 4. The van der Waals surface area contributed by atoms with Gasteiger partial charge in [-0.3, -0.25) is 14.4 Å². The average molecular weight is 387 g/mol. The van der Waals surface area contributed by atoms with Crippen LogP contribution in [0.15, 0.2) is 18.2 Å². The predicted molar refractivity (Wildman–Crippen MR) is 105 cm³/mol. The third-order valence-corrected chi connectivity index (χ3v) is 5.66. The molecule has 0 saturated carbocycles. The molecule has 2 saturated heterocycles. The normalized spacial score (nSPS) is 20.1. The number of hydrogen-bond acceptors (Lipinski definition) is 4. The molecule has 3 rings (SSSR count). The van der Waals surface area contributed by atoms with Gasteiger partial charge in [0, 0.05) is 50.7 Å². The van der Waals surface area contributed by atoms with Crippen molar-refractivity contribution < 1.29 is 19.1 Å². The Morgan fingerprint density at radius 3 is 2.32 bits per heavy atom. The van der Waals surface area contributed by atoms with Gasteiger partial charge in [-0.15, -0.1) is 0 Å². The number of ether oxygens (including phenoxy) is 1. The van der Waals surface area contributed by atoms with Gasteiger partial charge in [-0.25, -0.2) is 0 Å². The highest BCUT2D eigenvalue weighted by Gasteiger charge is 2.38. The fraction of sp³-hybridized carbons (Fsp3) is 0.571. The van der Waals surface area contributed by atoms with Gasteiger partial charge in [-0.05, 0) is 38.5 Å². The van der Waals surface area contributed by atoms with Crippen molar-refractivity contribution in [1.29, 1.82) is 0 Å². The molecule has 0 spiro atoms. The Kier molecular flexibility index (Phi) is 5.91. The molecule has 0 unspecified atom stereocenters. The molecule has 7 nitrogen and oxygen atoms in total. The Hall–Kier alpha value is -2.57.